The number of unbranched alkanes of at least 4 members (excludes halogenated alkanes) is 1. The molecule has 0 radical (unpaired) electrons. The van der Waals surface area contributed by atoms with Crippen molar-refractivity contribution in [3.05, 3.63) is 60.8 Å². The molecule has 0 heterocycles. The molecule has 0 aliphatic carbocycles. The van der Waals surface area contributed by atoms with Gasteiger partial charge in [-0.15, -0.1) is 0 Å². The van der Waals surface area contributed by atoms with Crippen molar-refractivity contribution >= 4 is 68.7 Å². The molecule has 0 aromatic heterocycles. The van der Waals surface area contributed by atoms with Crippen LogP contribution in [-0.4, -0.2) is 75.3 Å². The number of esters is 1. The fraction of sp³-hybridized carbons (Fsp3) is 0.500. The second kappa shape index (κ2) is 14.1. The van der Waals surface area contributed by atoms with E-state index in [0.29, 0.717) is 13.0 Å². The van der Waals surface area contributed by atoms with Crippen molar-refractivity contribution in [1.82, 2.24) is 0 Å². The van der Waals surface area contributed by atoms with Gasteiger partial charge in [-0.25, -0.2) is 0 Å². The Balaban J connectivity index is 4.93. The molecule has 32 heavy (non-hydrogen) atoms. The summed E-state index contributed by atoms with van der Waals surface area (Å²) >= 11 is 0. The van der Waals surface area contributed by atoms with Crippen LogP contribution >= 0.6 is 0 Å². The average Bonchev–Trinajstić information content (AvgIpc) is 2.69. The maximum absolute atomic E-state index is 11.4. The molecule has 0 N–H and O–H groups in total. The Hall–Kier alpha value is -1.31. The number of carbonyl (C=O) groups is 1. The lowest BCUT2D eigenvalue weighted by Crippen LogP contribution is -2.13. The van der Waals surface area contributed by atoms with Crippen LogP contribution in [-0.2, 0) is 9.53 Å². The van der Waals surface area contributed by atoms with Gasteiger partial charge in [0.25, 0.3) is 0 Å². The Morgan fingerprint density at radius 1 is 0.656 bits per heavy atom. The third-order valence-electron chi connectivity index (χ3n) is 5.21. The van der Waals surface area contributed by atoms with Gasteiger partial charge in [0, 0.05) is 6.42 Å². The van der Waals surface area contributed by atoms with E-state index in [0.717, 1.165) is 19.3 Å². The van der Waals surface area contributed by atoms with Crippen molar-refractivity contribution in [1.29, 1.82) is 0 Å². The van der Waals surface area contributed by atoms with E-state index in [1.165, 1.54) is 0 Å². The summed E-state index contributed by atoms with van der Waals surface area (Å²) in [5.74, 6) is -0.104. The molecule has 0 fully saturated rings. The van der Waals surface area contributed by atoms with Gasteiger partial charge < -0.3 is 4.74 Å². The molecule has 0 rings (SSSR count). The molecule has 0 unspecified atom stereocenters. The van der Waals surface area contributed by atoms with Crippen LogP contribution in [0.1, 0.15) is 39.5 Å². The van der Waals surface area contributed by atoms with E-state index in [2.05, 4.69) is 130 Å². The second-order valence-electron chi connectivity index (χ2n) is 11.2. The van der Waals surface area contributed by atoms with Gasteiger partial charge in [0.2, 0.25) is 0 Å². The minimum atomic E-state index is -0.104. The van der Waals surface area contributed by atoms with E-state index < -0.39 is 0 Å². The molecule has 0 spiro atoms. The number of hydrogen-bond acceptors (Lipinski definition) is 2. The molecule has 0 aliphatic rings. The van der Waals surface area contributed by atoms with Crippen LogP contribution in [0.2, 0.25) is 20.9 Å². The molecule has 0 saturated carbocycles. The van der Waals surface area contributed by atoms with Crippen molar-refractivity contribution in [2.24, 2.45) is 0 Å². The summed E-state index contributed by atoms with van der Waals surface area (Å²) in [5.41, 5.74) is 0. The molecule has 0 aliphatic heterocycles. The standard InChI is InChI=1S/C22H42B8O2/c1-3-5-10-19(23,24)12-14-21(27,28)16-17-22(29,30)15-13-20(25,26)11-8-6-7-9-18(31)32-4-2/h5,8,10-17H,3-4,6-7,9,23-30H2,1-2H3/b10-5-,11-8-,14-12-,15-13-,17-16-. The fourth-order valence-corrected chi connectivity index (χ4v) is 2.92. The quantitative estimate of drug-likeness (QED) is 0.146. The van der Waals surface area contributed by atoms with Crippen LogP contribution in [0.15, 0.2) is 60.8 Å². The first kappa shape index (κ1) is 30.7. The molecule has 0 saturated heterocycles. The number of ether oxygens (including phenoxy) is 1. The molecule has 0 amide bonds. The van der Waals surface area contributed by atoms with Crippen LogP contribution < -0.4 is 0 Å². The van der Waals surface area contributed by atoms with E-state index in [1.807, 2.05) is 6.92 Å². The Bertz CT molecular complexity index is 719. The van der Waals surface area contributed by atoms with Gasteiger partial charge in [-0.3, -0.25) is 4.79 Å². The molecular weight excluding hydrogens is 383 g/mol. The first-order valence-corrected chi connectivity index (χ1v) is 12.3. The summed E-state index contributed by atoms with van der Waals surface area (Å²) in [6.07, 6.45) is 26.0. The third kappa shape index (κ3) is 16.3. The summed E-state index contributed by atoms with van der Waals surface area (Å²) in [6.45, 7) is 4.47. The zero-order chi connectivity index (χ0) is 24.9. The Labute approximate surface area is 205 Å². The molecule has 10 heteroatoms. The fourth-order valence-electron chi connectivity index (χ4n) is 2.92. The first-order valence-electron chi connectivity index (χ1n) is 12.3. The highest BCUT2D eigenvalue weighted by Gasteiger charge is 2.18. The molecule has 166 valence electrons. The predicted molar refractivity (Wildman–Crippen MR) is 166 cm³/mol. The molecule has 0 aromatic rings. The van der Waals surface area contributed by atoms with E-state index in [-0.39, 0.29) is 26.8 Å². The van der Waals surface area contributed by atoms with Gasteiger partial charge >= 0.3 is 5.97 Å². The maximum Gasteiger partial charge on any atom is 0.305 e. The van der Waals surface area contributed by atoms with Gasteiger partial charge in [-0.05, 0) is 26.2 Å². The van der Waals surface area contributed by atoms with E-state index in [4.69, 9.17) is 4.74 Å². The molecule has 0 bridgehead atoms. The van der Waals surface area contributed by atoms with Gasteiger partial charge in [-0.1, -0.05) is 88.5 Å². The number of carbonyl (C=O) groups excluding carboxylic acids is 1. The summed E-state index contributed by atoms with van der Waals surface area (Å²) in [4.78, 5) is 11.4. The summed E-state index contributed by atoms with van der Waals surface area (Å²) in [7, 11) is 17.9. The van der Waals surface area contributed by atoms with Crippen molar-refractivity contribution in [2.75, 3.05) is 6.61 Å². The Morgan fingerprint density at radius 3 is 1.41 bits per heavy atom. The van der Waals surface area contributed by atoms with Gasteiger partial charge in [-0.2, -0.15) is 0 Å². The van der Waals surface area contributed by atoms with Crippen LogP contribution in [0.5, 0.6) is 0 Å². The highest BCUT2D eigenvalue weighted by atomic mass is 16.5. The van der Waals surface area contributed by atoms with Crippen LogP contribution in [0.3, 0.4) is 0 Å². The third-order valence-corrected chi connectivity index (χ3v) is 5.21. The van der Waals surface area contributed by atoms with Crippen molar-refractivity contribution in [3.8, 4) is 0 Å². The zero-order valence-corrected chi connectivity index (χ0v) is 22.6. The smallest absolute Gasteiger partial charge is 0.305 e. The maximum atomic E-state index is 11.4. The van der Waals surface area contributed by atoms with Crippen LogP contribution in [0, 0.1) is 0 Å². The molecule has 0 aromatic carbocycles. The monoisotopic (exact) mass is 426 g/mol. The topological polar surface area (TPSA) is 26.3 Å². The SMILES string of the molecule is BC(B)(/C=C\CC)/C=C\C(B)(B)/C=C\C(B)(B)/C=C\C(B)(B)/C=C\CCCC(=O)OCC. The van der Waals surface area contributed by atoms with Gasteiger partial charge in [0.1, 0.15) is 62.8 Å². The predicted octanol–water partition coefficient (Wildman–Crippen LogP) is -1.56. The Kier molecular flexibility index (Phi) is 13.5. The molecular formula is C22H42B8O2. The molecule has 0 atom stereocenters. The number of rotatable bonds is 14. The summed E-state index contributed by atoms with van der Waals surface area (Å²) in [6, 6.07) is 0. The first-order chi connectivity index (χ1) is 14.6. The van der Waals surface area contributed by atoms with E-state index >= 15 is 0 Å². The summed E-state index contributed by atoms with van der Waals surface area (Å²) < 4.78 is 4.97. The number of allylic oxidation sites excluding steroid dienone is 10. The van der Waals surface area contributed by atoms with Gasteiger partial charge in [0.05, 0.1) is 6.61 Å². The van der Waals surface area contributed by atoms with Crippen LogP contribution in [0.4, 0.5) is 0 Å². The molecule has 2 nitrogen and oxygen atoms in total. The highest BCUT2D eigenvalue weighted by Crippen LogP contribution is 2.31. The lowest BCUT2D eigenvalue weighted by Gasteiger charge is -2.24. The lowest BCUT2D eigenvalue weighted by molar-refractivity contribution is -0.143. The lowest BCUT2D eigenvalue weighted by atomic mass is 9.47. The average molecular weight is 425 g/mol. The largest absolute Gasteiger partial charge is 0.466 e. The number of hydrogen-bond donors (Lipinski definition) is 0. The van der Waals surface area contributed by atoms with Crippen molar-refractivity contribution in [3.63, 3.8) is 0 Å². The van der Waals surface area contributed by atoms with E-state index in [1.54, 1.807) is 0 Å². The zero-order valence-electron chi connectivity index (χ0n) is 22.6. The van der Waals surface area contributed by atoms with Gasteiger partial charge in [0.15, 0.2) is 0 Å². The normalized spacial score (nSPS) is 14.4. The second-order valence-corrected chi connectivity index (χ2v) is 11.2. The minimum Gasteiger partial charge on any atom is -0.466 e. The highest BCUT2D eigenvalue weighted by molar-refractivity contribution is 6.46. The summed E-state index contributed by atoms with van der Waals surface area (Å²) in [5, 5.41) is 0.0118. The van der Waals surface area contributed by atoms with Crippen molar-refractivity contribution in [2.45, 2.75) is 60.4 Å². The minimum absolute atomic E-state index is 0.00319. The Morgan fingerprint density at radius 2 is 1.03 bits per heavy atom. The van der Waals surface area contributed by atoms with E-state index in [9.17, 15) is 4.79 Å². The van der Waals surface area contributed by atoms with Crippen molar-refractivity contribution < 1.29 is 9.53 Å². The van der Waals surface area contributed by atoms with Crippen LogP contribution in [0.25, 0.3) is 0 Å².